The Morgan fingerprint density at radius 3 is 2.40 bits per heavy atom. The Hall–Kier alpha value is 0.200. The maximum atomic E-state index is 11.4. The van der Waals surface area contributed by atoms with Crippen LogP contribution in [0.2, 0.25) is 0 Å². The zero-order valence-corrected chi connectivity index (χ0v) is 10.9. The van der Waals surface area contributed by atoms with Crippen molar-refractivity contribution in [2.75, 3.05) is 30.5 Å². The van der Waals surface area contributed by atoms with Gasteiger partial charge in [-0.15, -0.1) is 11.6 Å². The molecule has 0 radical (unpaired) electrons. The molecule has 0 aliphatic heterocycles. The van der Waals surface area contributed by atoms with Crippen molar-refractivity contribution in [1.82, 2.24) is 4.90 Å². The van der Waals surface area contributed by atoms with Crippen LogP contribution in [0.5, 0.6) is 0 Å². The molecule has 5 heteroatoms. The van der Waals surface area contributed by atoms with Crippen molar-refractivity contribution >= 4 is 21.4 Å². The van der Waals surface area contributed by atoms with E-state index in [9.17, 15) is 8.42 Å². The van der Waals surface area contributed by atoms with Crippen molar-refractivity contribution in [2.24, 2.45) is 0 Å². The molecule has 1 rings (SSSR count). The third kappa shape index (κ3) is 4.29. The van der Waals surface area contributed by atoms with E-state index >= 15 is 0 Å². The van der Waals surface area contributed by atoms with Gasteiger partial charge in [0, 0.05) is 30.8 Å². The van der Waals surface area contributed by atoms with Crippen LogP contribution in [0.3, 0.4) is 0 Å². The van der Waals surface area contributed by atoms with Gasteiger partial charge in [-0.05, 0) is 12.8 Å². The second-order valence-electron chi connectivity index (χ2n) is 4.05. The van der Waals surface area contributed by atoms with Crippen molar-refractivity contribution in [1.29, 1.82) is 0 Å². The van der Waals surface area contributed by atoms with Crippen LogP contribution >= 0.6 is 11.6 Å². The summed E-state index contributed by atoms with van der Waals surface area (Å²) in [7, 11) is -2.84. The molecule has 1 aliphatic carbocycles. The first-order valence-corrected chi connectivity index (χ1v) is 7.95. The van der Waals surface area contributed by atoms with Gasteiger partial charge in [-0.25, -0.2) is 8.42 Å². The van der Waals surface area contributed by atoms with Gasteiger partial charge in [-0.3, -0.25) is 4.90 Å². The Kier molecular flexibility index (Phi) is 5.36. The minimum atomic E-state index is -2.84. The van der Waals surface area contributed by atoms with Gasteiger partial charge in [0.05, 0.1) is 5.75 Å². The maximum absolute atomic E-state index is 11.4. The summed E-state index contributed by atoms with van der Waals surface area (Å²) in [4.78, 5) is 2.23. The first-order valence-electron chi connectivity index (χ1n) is 5.59. The Bertz CT molecular complexity index is 275. The zero-order chi connectivity index (χ0) is 11.3. The van der Waals surface area contributed by atoms with E-state index < -0.39 is 9.84 Å². The summed E-state index contributed by atoms with van der Waals surface area (Å²) in [5, 5.41) is 0. The predicted molar refractivity (Wildman–Crippen MR) is 64.3 cm³/mol. The first kappa shape index (κ1) is 13.3. The minimum Gasteiger partial charge on any atom is -0.298 e. The Morgan fingerprint density at radius 1 is 1.33 bits per heavy atom. The average Bonchev–Trinajstić information content (AvgIpc) is 2.12. The number of sulfone groups is 1. The molecule has 3 nitrogen and oxygen atoms in total. The van der Waals surface area contributed by atoms with Crippen LogP contribution < -0.4 is 0 Å². The second-order valence-corrected chi connectivity index (χ2v) is 6.90. The predicted octanol–water partition coefficient (Wildman–Crippen LogP) is 1.51. The molecule has 0 aromatic rings. The highest BCUT2D eigenvalue weighted by Gasteiger charge is 2.25. The largest absolute Gasteiger partial charge is 0.298 e. The van der Waals surface area contributed by atoms with E-state index in [0.717, 1.165) is 6.54 Å². The fourth-order valence-corrected chi connectivity index (χ4v) is 2.76. The monoisotopic (exact) mass is 253 g/mol. The molecule has 0 spiro atoms. The van der Waals surface area contributed by atoms with Crippen molar-refractivity contribution < 1.29 is 8.42 Å². The van der Waals surface area contributed by atoms with Crippen LogP contribution in [0.4, 0.5) is 0 Å². The van der Waals surface area contributed by atoms with Crippen LogP contribution in [-0.2, 0) is 9.84 Å². The number of hydrogen-bond donors (Lipinski definition) is 0. The molecule has 0 aromatic heterocycles. The summed E-state index contributed by atoms with van der Waals surface area (Å²) < 4.78 is 22.8. The van der Waals surface area contributed by atoms with Crippen LogP contribution in [0, 0.1) is 0 Å². The normalized spacial score (nSPS) is 18.1. The summed E-state index contributed by atoms with van der Waals surface area (Å²) in [5.41, 5.74) is 0. The average molecular weight is 254 g/mol. The van der Waals surface area contributed by atoms with Crippen LogP contribution in [0.25, 0.3) is 0 Å². The van der Waals surface area contributed by atoms with Crippen LogP contribution in [-0.4, -0.2) is 49.8 Å². The maximum Gasteiger partial charge on any atom is 0.151 e. The molecule has 90 valence electrons. The number of hydrogen-bond acceptors (Lipinski definition) is 3. The summed E-state index contributed by atoms with van der Waals surface area (Å²) in [6.07, 6.45) is 3.66. The first-order chi connectivity index (χ1) is 7.09. The third-order valence-corrected chi connectivity index (χ3v) is 4.95. The molecule has 0 bridgehead atoms. The van der Waals surface area contributed by atoms with Gasteiger partial charge < -0.3 is 0 Å². The molecule has 0 aromatic carbocycles. The highest BCUT2D eigenvalue weighted by Crippen LogP contribution is 2.24. The Balaban J connectivity index is 2.37. The van der Waals surface area contributed by atoms with E-state index in [-0.39, 0.29) is 11.5 Å². The lowest BCUT2D eigenvalue weighted by molar-refractivity contribution is 0.143. The van der Waals surface area contributed by atoms with Gasteiger partial charge in [-0.1, -0.05) is 13.3 Å². The summed E-state index contributed by atoms with van der Waals surface area (Å²) in [6.45, 7) is 3.16. The van der Waals surface area contributed by atoms with E-state index in [0.29, 0.717) is 18.5 Å². The van der Waals surface area contributed by atoms with Crippen molar-refractivity contribution in [3.8, 4) is 0 Å². The van der Waals surface area contributed by atoms with Crippen LogP contribution in [0.15, 0.2) is 0 Å². The third-order valence-electron chi connectivity index (χ3n) is 3.09. The molecule has 0 saturated heterocycles. The van der Waals surface area contributed by atoms with E-state index in [1.165, 1.54) is 19.3 Å². The number of alkyl halides is 1. The number of halogens is 1. The van der Waals surface area contributed by atoms with Gasteiger partial charge in [0.25, 0.3) is 0 Å². The zero-order valence-electron chi connectivity index (χ0n) is 9.28. The van der Waals surface area contributed by atoms with E-state index in [1.807, 2.05) is 0 Å². The quantitative estimate of drug-likeness (QED) is 0.646. The fraction of sp³-hybridized carbons (Fsp3) is 1.00. The van der Waals surface area contributed by atoms with Gasteiger partial charge >= 0.3 is 0 Å². The van der Waals surface area contributed by atoms with Gasteiger partial charge in [0.1, 0.15) is 0 Å². The lowest BCUT2D eigenvalue weighted by Gasteiger charge is -2.37. The van der Waals surface area contributed by atoms with Crippen molar-refractivity contribution in [3.63, 3.8) is 0 Å². The molecular formula is C10H20ClNO2S. The number of rotatable bonds is 7. The van der Waals surface area contributed by atoms with Gasteiger partial charge in [0.2, 0.25) is 0 Å². The highest BCUT2D eigenvalue weighted by atomic mass is 35.5. The molecule has 0 N–H and O–H groups in total. The molecule has 1 aliphatic rings. The molecule has 0 amide bonds. The smallest absolute Gasteiger partial charge is 0.151 e. The van der Waals surface area contributed by atoms with Crippen molar-refractivity contribution in [3.05, 3.63) is 0 Å². The molecule has 1 fully saturated rings. The SMILES string of the molecule is CCS(=O)(=O)CCN(CCCl)C1CCC1. The van der Waals surface area contributed by atoms with E-state index in [4.69, 9.17) is 11.6 Å². The minimum absolute atomic E-state index is 0.242. The van der Waals surface area contributed by atoms with E-state index in [2.05, 4.69) is 4.90 Å². The Labute approximate surface area is 97.7 Å². The Morgan fingerprint density at radius 2 is 2.00 bits per heavy atom. The summed E-state index contributed by atoms with van der Waals surface area (Å²) >= 11 is 5.71. The molecule has 15 heavy (non-hydrogen) atoms. The van der Waals surface area contributed by atoms with Gasteiger partial charge in [-0.2, -0.15) is 0 Å². The van der Waals surface area contributed by atoms with Crippen molar-refractivity contribution in [2.45, 2.75) is 32.2 Å². The molecule has 0 unspecified atom stereocenters. The highest BCUT2D eigenvalue weighted by molar-refractivity contribution is 7.91. The lowest BCUT2D eigenvalue weighted by atomic mass is 9.91. The second kappa shape index (κ2) is 6.06. The van der Waals surface area contributed by atoms with Gasteiger partial charge in [0.15, 0.2) is 9.84 Å². The standard InChI is InChI=1S/C10H20ClNO2S/c1-2-15(13,14)9-8-12(7-6-11)10-4-3-5-10/h10H,2-9H2,1H3. The van der Waals surface area contributed by atoms with Crippen LogP contribution in [0.1, 0.15) is 26.2 Å². The molecule has 1 saturated carbocycles. The lowest BCUT2D eigenvalue weighted by Crippen LogP contribution is -2.43. The topological polar surface area (TPSA) is 37.4 Å². The van der Waals surface area contributed by atoms with E-state index in [1.54, 1.807) is 6.92 Å². The molecule has 0 atom stereocenters. The molecule has 0 heterocycles. The number of nitrogens with zero attached hydrogens (tertiary/aromatic N) is 1. The summed E-state index contributed by atoms with van der Waals surface area (Å²) in [5.74, 6) is 1.10. The summed E-state index contributed by atoms with van der Waals surface area (Å²) in [6, 6.07) is 0.579. The molecular weight excluding hydrogens is 234 g/mol. The fourth-order valence-electron chi connectivity index (χ4n) is 1.74.